The van der Waals surface area contributed by atoms with Crippen LogP contribution in [0.15, 0.2) is 18.2 Å². The van der Waals surface area contributed by atoms with Gasteiger partial charge >= 0.3 is 5.97 Å². The Morgan fingerprint density at radius 2 is 2.12 bits per heavy atom. The van der Waals surface area contributed by atoms with E-state index in [2.05, 4.69) is 5.32 Å². The van der Waals surface area contributed by atoms with Crippen LogP contribution in [0.25, 0.3) is 0 Å². The van der Waals surface area contributed by atoms with Crippen LogP contribution in [0, 0.1) is 12.7 Å². The third-order valence-corrected chi connectivity index (χ3v) is 2.11. The first-order valence-electron chi connectivity index (χ1n) is 4.87. The maximum atomic E-state index is 13.3. The lowest BCUT2D eigenvalue weighted by Gasteiger charge is -2.08. The number of aliphatic hydroxyl groups is 1. The maximum absolute atomic E-state index is 13.3. The third kappa shape index (κ3) is 3.53. The van der Waals surface area contributed by atoms with Crippen LogP contribution in [0.3, 0.4) is 0 Å². The highest BCUT2D eigenvalue weighted by molar-refractivity contribution is 5.94. The van der Waals surface area contributed by atoms with Gasteiger partial charge in [-0.25, -0.2) is 9.18 Å². The van der Waals surface area contributed by atoms with Gasteiger partial charge in [0.15, 0.2) is 6.10 Å². The van der Waals surface area contributed by atoms with Crippen LogP contribution in [0.2, 0.25) is 0 Å². The SMILES string of the molecule is Cc1ccc(F)c(C(=O)NCC(O)C(=O)O)c1. The Bertz CT molecular complexity index is 447. The van der Waals surface area contributed by atoms with Crippen molar-refractivity contribution in [2.75, 3.05) is 6.54 Å². The first-order chi connectivity index (χ1) is 7.91. The summed E-state index contributed by atoms with van der Waals surface area (Å²) in [6.45, 7) is 1.23. The number of aryl methyl sites for hydroxylation is 1. The number of hydrogen-bond donors (Lipinski definition) is 3. The Morgan fingerprint density at radius 3 is 2.71 bits per heavy atom. The molecular weight excluding hydrogens is 229 g/mol. The minimum Gasteiger partial charge on any atom is -0.479 e. The Morgan fingerprint density at radius 1 is 1.47 bits per heavy atom. The lowest BCUT2D eigenvalue weighted by atomic mass is 10.1. The number of hydrogen-bond acceptors (Lipinski definition) is 3. The number of halogens is 1. The molecule has 17 heavy (non-hydrogen) atoms. The van der Waals surface area contributed by atoms with Crippen molar-refractivity contribution in [3.63, 3.8) is 0 Å². The van der Waals surface area contributed by atoms with E-state index in [4.69, 9.17) is 10.2 Å². The molecule has 1 amide bonds. The summed E-state index contributed by atoms with van der Waals surface area (Å²) < 4.78 is 13.3. The molecule has 0 fully saturated rings. The second kappa shape index (κ2) is 5.40. The second-order valence-electron chi connectivity index (χ2n) is 3.55. The average Bonchev–Trinajstić information content (AvgIpc) is 2.28. The maximum Gasteiger partial charge on any atom is 0.334 e. The van der Waals surface area contributed by atoms with E-state index in [0.717, 1.165) is 6.07 Å². The Labute approximate surface area is 96.9 Å². The molecule has 5 nitrogen and oxygen atoms in total. The fourth-order valence-corrected chi connectivity index (χ4v) is 1.19. The Hall–Kier alpha value is -1.95. The summed E-state index contributed by atoms with van der Waals surface area (Å²) in [5, 5.41) is 19.5. The summed E-state index contributed by atoms with van der Waals surface area (Å²) in [5.74, 6) is -2.90. The quantitative estimate of drug-likeness (QED) is 0.708. The van der Waals surface area contributed by atoms with Crippen molar-refractivity contribution in [3.8, 4) is 0 Å². The number of rotatable bonds is 4. The van der Waals surface area contributed by atoms with Crippen molar-refractivity contribution in [1.82, 2.24) is 5.32 Å². The molecule has 1 aromatic carbocycles. The standard InChI is InChI=1S/C11H12FNO4/c1-6-2-3-8(12)7(4-6)10(15)13-5-9(14)11(16)17/h2-4,9,14H,5H2,1H3,(H,13,15)(H,16,17). The van der Waals surface area contributed by atoms with E-state index >= 15 is 0 Å². The number of amides is 1. The Kier molecular flexibility index (Phi) is 4.17. The van der Waals surface area contributed by atoms with E-state index < -0.39 is 30.3 Å². The topological polar surface area (TPSA) is 86.6 Å². The first-order valence-corrected chi connectivity index (χ1v) is 4.87. The predicted molar refractivity (Wildman–Crippen MR) is 57.1 cm³/mol. The molecule has 0 bridgehead atoms. The van der Waals surface area contributed by atoms with E-state index in [1.807, 2.05) is 0 Å². The van der Waals surface area contributed by atoms with Gasteiger partial charge in [0.1, 0.15) is 5.82 Å². The van der Waals surface area contributed by atoms with Crippen molar-refractivity contribution in [1.29, 1.82) is 0 Å². The first kappa shape index (κ1) is 13.1. The molecule has 0 aliphatic carbocycles. The van der Waals surface area contributed by atoms with E-state index in [1.165, 1.54) is 12.1 Å². The summed E-state index contributed by atoms with van der Waals surface area (Å²) in [6.07, 6.45) is -1.70. The molecule has 0 saturated carbocycles. The largest absolute Gasteiger partial charge is 0.479 e. The van der Waals surface area contributed by atoms with E-state index in [1.54, 1.807) is 6.92 Å². The van der Waals surface area contributed by atoms with E-state index in [-0.39, 0.29) is 5.56 Å². The van der Waals surface area contributed by atoms with Crippen LogP contribution < -0.4 is 5.32 Å². The van der Waals surface area contributed by atoms with Gasteiger partial charge in [0.25, 0.3) is 5.91 Å². The highest BCUT2D eigenvalue weighted by atomic mass is 19.1. The third-order valence-electron chi connectivity index (χ3n) is 2.11. The molecule has 1 unspecified atom stereocenters. The zero-order chi connectivity index (χ0) is 13.0. The highest BCUT2D eigenvalue weighted by Crippen LogP contribution is 2.09. The molecule has 0 aliphatic heterocycles. The minimum atomic E-state index is -1.70. The number of aliphatic carboxylic acids is 1. The number of aliphatic hydroxyl groups excluding tert-OH is 1. The van der Waals surface area contributed by atoms with Crippen molar-refractivity contribution in [2.45, 2.75) is 13.0 Å². The molecule has 1 atom stereocenters. The van der Waals surface area contributed by atoms with Gasteiger partial charge in [0.05, 0.1) is 12.1 Å². The Balaban J connectivity index is 2.70. The summed E-state index contributed by atoms with van der Waals surface area (Å²) in [7, 11) is 0. The number of carbonyl (C=O) groups is 2. The minimum absolute atomic E-state index is 0.178. The van der Waals surface area contributed by atoms with Crippen LogP contribution in [0.5, 0.6) is 0 Å². The molecule has 3 N–H and O–H groups in total. The van der Waals surface area contributed by atoms with Crippen molar-refractivity contribution < 1.29 is 24.2 Å². The van der Waals surface area contributed by atoms with E-state index in [0.29, 0.717) is 5.56 Å². The normalized spacial score (nSPS) is 11.9. The van der Waals surface area contributed by atoms with Gasteiger partial charge in [-0.3, -0.25) is 4.79 Å². The van der Waals surface area contributed by atoms with Gasteiger partial charge in [-0.05, 0) is 19.1 Å². The van der Waals surface area contributed by atoms with Crippen LogP contribution >= 0.6 is 0 Å². The predicted octanol–water partition coefficient (Wildman–Crippen LogP) is 0.309. The summed E-state index contributed by atoms with van der Waals surface area (Å²) in [5.41, 5.74) is 0.526. The molecule has 0 radical (unpaired) electrons. The van der Waals surface area contributed by atoms with Crippen molar-refractivity contribution in [2.24, 2.45) is 0 Å². The van der Waals surface area contributed by atoms with Crippen LogP contribution in [-0.2, 0) is 4.79 Å². The van der Waals surface area contributed by atoms with Crippen LogP contribution in [-0.4, -0.2) is 34.7 Å². The monoisotopic (exact) mass is 241 g/mol. The van der Waals surface area contributed by atoms with Gasteiger partial charge in [0, 0.05) is 0 Å². The number of benzene rings is 1. The van der Waals surface area contributed by atoms with Crippen molar-refractivity contribution >= 4 is 11.9 Å². The second-order valence-corrected chi connectivity index (χ2v) is 3.55. The fraction of sp³-hybridized carbons (Fsp3) is 0.273. The molecule has 0 aromatic heterocycles. The van der Waals surface area contributed by atoms with Gasteiger partial charge in [-0.2, -0.15) is 0 Å². The van der Waals surface area contributed by atoms with Gasteiger partial charge in [0.2, 0.25) is 0 Å². The molecular formula is C11H12FNO4. The van der Waals surface area contributed by atoms with Crippen LogP contribution in [0.1, 0.15) is 15.9 Å². The van der Waals surface area contributed by atoms with E-state index in [9.17, 15) is 14.0 Å². The zero-order valence-electron chi connectivity index (χ0n) is 9.11. The smallest absolute Gasteiger partial charge is 0.334 e. The number of carbonyl (C=O) groups excluding carboxylic acids is 1. The summed E-state index contributed by atoms with van der Waals surface area (Å²) in [6, 6.07) is 4.01. The molecule has 0 spiro atoms. The number of nitrogens with one attached hydrogen (secondary N) is 1. The molecule has 92 valence electrons. The lowest BCUT2D eigenvalue weighted by molar-refractivity contribution is -0.146. The van der Waals surface area contributed by atoms with Gasteiger partial charge in [-0.1, -0.05) is 11.6 Å². The fourth-order valence-electron chi connectivity index (χ4n) is 1.19. The van der Waals surface area contributed by atoms with Crippen LogP contribution in [0.4, 0.5) is 4.39 Å². The molecule has 0 saturated heterocycles. The van der Waals surface area contributed by atoms with Gasteiger partial charge in [-0.15, -0.1) is 0 Å². The lowest BCUT2D eigenvalue weighted by Crippen LogP contribution is -2.36. The van der Waals surface area contributed by atoms with Gasteiger partial charge < -0.3 is 15.5 Å². The number of carboxylic acids is 1. The molecule has 6 heteroatoms. The molecule has 1 aromatic rings. The zero-order valence-corrected chi connectivity index (χ0v) is 9.11. The molecule has 0 aliphatic rings. The summed E-state index contributed by atoms with van der Waals surface area (Å²) in [4.78, 5) is 21.8. The van der Waals surface area contributed by atoms with Crippen molar-refractivity contribution in [3.05, 3.63) is 35.1 Å². The average molecular weight is 241 g/mol. The summed E-state index contributed by atoms with van der Waals surface area (Å²) >= 11 is 0. The molecule has 0 heterocycles. The highest BCUT2D eigenvalue weighted by Gasteiger charge is 2.16. The number of carboxylic acid groups (broad SMARTS) is 1. The molecule has 1 rings (SSSR count).